The van der Waals surface area contributed by atoms with Crippen LogP contribution in [-0.4, -0.2) is 10.2 Å². The lowest BCUT2D eigenvalue weighted by atomic mass is 10.1. The summed E-state index contributed by atoms with van der Waals surface area (Å²) in [4.78, 5) is 15.4. The highest BCUT2D eigenvalue weighted by Crippen LogP contribution is 2.37. The molecule has 1 saturated heterocycles. The van der Waals surface area contributed by atoms with Gasteiger partial charge in [0.15, 0.2) is 4.32 Å². The molecule has 3 aromatic rings. The Morgan fingerprint density at radius 3 is 2.58 bits per heavy atom. The molecule has 0 bridgehead atoms. The first-order valence-electron chi connectivity index (χ1n) is 10.2. The van der Waals surface area contributed by atoms with Crippen LogP contribution in [0.4, 0.5) is 5.69 Å². The molecule has 3 aromatic carbocycles. The largest absolute Gasteiger partial charge is 0.489 e. The number of thioether (sulfide) groups is 1. The second kappa shape index (κ2) is 9.50. The third kappa shape index (κ3) is 4.89. The number of hydrogen-bond donors (Lipinski definition) is 0. The number of rotatable bonds is 6. The Morgan fingerprint density at radius 2 is 1.81 bits per heavy atom. The highest BCUT2D eigenvalue weighted by atomic mass is 32.2. The second-order valence-corrected chi connectivity index (χ2v) is 9.02. The van der Waals surface area contributed by atoms with Gasteiger partial charge in [-0.05, 0) is 54.3 Å². The molecule has 31 heavy (non-hydrogen) atoms. The fraction of sp³-hybridized carbons (Fsp3) is 0.154. The number of ether oxygens (including phenoxy) is 1. The van der Waals surface area contributed by atoms with Crippen molar-refractivity contribution in [3.8, 4) is 5.75 Å². The van der Waals surface area contributed by atoms with Gasteiger partial charge in [0.1, 0.15) is 12.4 Å². The highest BCUT2D eigenvalue weighted by molar-refractivity contribution is 8.27. The van der Waals surface area contributed by atoms with Crippen LogP contribution in [0.5, 0.6) is 5.75 Å². The molecule has 4 rings (SSSR count). The first-order chi connectivity index (χ1) is 15.0. The van der Waals surface area contributed by atoms with Crippen LogP contribution in [0, 0.1) is 6.92 Å². The number of thiocarbonyl (C=S) groups is 1. The predicted octanol–water partition coefficient (Wildman–Crippen LogP) is 6.54. The molecule has 5 heteroatoms. The standard InChI is InChI=1S/C26H23NO2S2/c1-3-21-8-4-5-10-23(21)27-25(28)24(31-26(27)30)16-20-7-6-9-22(15-20)29-17-19-13-11-18(2)12-14-19/h4-16H,3,17H2,1-2H3. The van der Waals surface area contributed by atoms with Crippen LogP contribution < -0.4 is 9.64 Å². The lowest BCUT2D eigenvalue weighted by Crippen LogP contribution is -2.28. The van der Waals surface area contributed by atoms with E-state index in [1.807, 2.05) is 54.6 Å². The van der Waals surface area contributed by atoms with Gasteiger partial charge in [0.2, 0.25) is 0 Å². The van der Waals surface area contributed by atoms with Crippen molar-refractivity contribution in [3.63, 3.8) is 0 Å². The van der Waals surface area contributed by atoms with Gasteiger partial charge in [-0.1, -0.05) is 91.1 Å². The number of carbonyl (C=O) groups excluding carboxylic acids is 1. The number of hydrogen-bond acceptors (Lipinski definition) is 4. The zero-order valence-electron chi connectivity index (χ0n) is 17.5. The van der Waals surface area contributed by atoms with Gasteiger partial charge in [0.25, 0.3) is 5.91 Å². The third-order valence-electron chi connectivity index (χ3n) is 5.09. The first kappa shape index (κ1) is 21.3. The molecule has 0 aliphatic carbocycles. The van der Waals surface area contributed by atoms with Gasteiger partial charge in [-0.15, -0.1) is 0 Å². The lowest BCUT2D eigenvalue weighted by molar-refractivity contribution is -0.113. The Bertz CT molecular complexity index is 1150. The summed E-state index contributed by atoms with van der Waals surface area (Å²) in [5.74, 6) is 0.683. The maximum Gasteiger partial charge on any atom is 0.270 e. The van der Waals surface area contributed by atoms with Crippen molar-refractivity contribution >= 4 is 46.0 Å². The Kier molecular flexibility index (Phi) is 6.54. The van der Waals surface area contributed by atoms with Gasteiger partial charge in [0.05, 0.1) is 10.6 Å². The molecule has 1 heterocycles. The van der Waals surface area contributed by atoms with E-state index in [1.54, 1.807) is 4.90 Å². The van der Waals surface area contributed by atoms with Crippen LogP contribution >= 0.6 is 24.0 Å². The quantitative estimate of drug-likeness (QED) is 0.318. The monoisotopic (exact) mass is 445 g/mol. The van der Waals surface area contributed by atoms with Gasteiger partial charge >= 0.3 is 0 Å². The molecule has 0 unspecified atom stereocenters. The molecule has 1 fully saturated rings. The van der Waals surface area contributed by atoms with Crippen molar-refractivity contribution < 1.29 is 9.53 Å². The minimum atomic E-state index is -0.0816. The van der Waals surface area contributed by atoms with Gasteiger partial charge < -0.3 is 4.74 Å². The smallest absolute Gasteiger partial charge is 0.270 e. The Morgan fingerprint density at radius 1 is 1.03 bits per heavy atom. The Hall–Kier alpha value is -2.89. The molecule has 0 saturated carbocycles. The summed E-state index contributed by atoms with van der Waals surface area (Å²) in [5, 5.41) is 0. The Labute approximate surface area is 192 Å². The van der Waals surface area contributed by atoms with E-state index >= 15 is 0 Å². The number of aryl methyl sites for hydroxylation is 2. The molecule has 1 aliphatic rings. The van der Waals surface area contributed by atoms with E-state index in [9.17, 15) is 4.79 Å². The van der Waals surface area contributed by atoms with Gasteiger partial charge in [-0.2, -0.15) is 0 Å². The van der Waals surface area contributed by atoms with Crippen molar-refractivity contribution in [2.75, 3.05) is 4.90 Å². The van der Waals surface area contributed by atoms with Gasteiger partial charge in [-0.25, -0.2) is 0 Å². The number of carbonyl (C=O) groups is 1. The summed E-state index contributed by atoms with van der Waals surface area (Å²) in [6.45, 7) is 4.64. The van der Waals surface area contributed by atoms with Crippen molar-refractivity contribution in [2.45, 2.75) is 26.9 Å². The maximum absolute atomic E-state index is 13.1. The van der Waals surface area contributed by atoms with Gasteiger partial charge in [-0.3, -0.25) is 9.69 Å². The van der Waals surface area contributed by atoms with Crippen LogP contribution in [0.1, 0.15) is 29.2 Å². The van der Waals surface area contributed by atoms with Crippen LogP contribution in [0.2, 0.25) is 0 Å². The van der Waals surface area contributed by atoms with Crippen LogP contribution in [0.3, 0.4) is 0 Å². The average molecular weight is 446 g/mol. The maximum atomic E-state index is 13.1. The molecular formula is C26H23NO2S2. The van der Waals surface area contributed by atoms with Crippen molar-refractivity contribution in [3.05, 3.63) is 100.0 Å². The van der Waals surface area contributed by atoms with E-state index in [0.717, 1.165) is 34.5 Å². The minimum absolute atomic E-state index is 0.0816. The molecule has 0 N–H and O–H groups in total. The summed E-state index contributed by atoms with van der Waals surface area (Å²) in [6.07, 6.45) is 2.72. The summed E-state index contributed by atoms with van der Waals surface area (Å²) in [5.41, 5.74) is 5.22. The van der Waals surface area contributed by atoms with E-state index in [2.05, 4.69) is 38.1 Å². The van der Waals surface area contributed by atoms with Crippen LogP contribution in [0.25, 0.3) is 6.08 Å². The fourth-order valence-corrected chi connectivity index (χ4v) is 4.68. The summed E-state index contributed by atoms with van der Waals surface area (Å²) >= 11 is 6.87. The number of amides is 1. The number of benzene rings is 3. The molecule has 0 atom stereocenters. The molecule has 0 radical (unpaired) electrons. The Balaban J connectivity index is 1.52. The predicted molar refractivity (Wildman–Crippen MR) is 133 cm³/mol. The molecule has 156 valence electrons. The van der Waals surface area contributed by atoms with Gasteiger partial charge in [0, 0.05) is 0 Å². The zero-order valence-corrected chi connectivity index (χ0v) is 19.1. The van der Waals surface area contributed by atoms with E-state index in [4.69, 9.17) is 17.0 Å². The van der Waals surface area contributed by atoms with Crippen molar-refractivity contribution in [1.29, 1.82) is 0 Å². The number of para-hydroxylation sites is 1. The summed E-state index contributed by atoms with van der Waals surface area (Å²) < 4.78 is 6.51. The van der Waals surface area contributed by atoms with E-state index in [1.165, 1.54) is 17.3 Å². The molecule has 0 aromatic heterocycles. The van der Waals surface area contributed by atoms with Crippen molar-refractivity contribution in [2.24, 2.45) is 0 Å². The molecule has 1 amide bonds. The highest BCUT2D eigenvalue weighted by Gasteiger charge is 2.34. The molecule has 3 nitrogen and oxygen atoms in total. The molecular weight excluding hydrogens is 422 g/mol. The second-order valence-electron chi connectivity index (χ2n) is 7.35. The molecule has 1 aliphatic heterocycles. The minimum Gasteiger partial charge on any atom is -0.489 e. The SMILES string of the molecule is CCc1ccccc1N1C(=O)C(=Cc2cccc(OCc3ccc(C)cc3)c2)SC1=S. The normalized spacial score (nSPS) is 15.0. The topological polar surface area (TPSA) is 29.5 Å². The van der Waals surface area contributed by atoms with E-state index in [-0.39, 0.29) is 5.91 Å². The van der Waals surface area contributed by atoms with Crippen LogP contribution in [-0.2, 0) is 17.8 Å². The van der Waals surface area contributed by atoms with E-state index in [0.29, 0.717) is 15.8 Å². The zero-order chi connectivity index (χ0) is 21.8. The molecule has 0 spiro atoms. The number of nitrogens with zero attached hydrogens (tertiary/aromatic N) is 1. The van der Waals surface area contributed by atoms with Crippen molar-refractivity contribution in [1.82, 2.24) is 0 Å². The van der Waals surface area contributed by atoms with Crippen LogP contribution in [0.15, 0.2) is 77.7 Å². The lowest BCUT2D eigenvalue weighted by Gasteiger charge is -2.18. The summed E-state index contributed by atoms with van der Waals surface area (Å²) in [6, 6.07) is 24.0. The number of anilines is 1. The third-order valence-corrected chi connectivity index (χ3v) is 6.39. The first-order valence-corrected chi connectivity index (χ1v) is 11.4. The van der Waals surface area contributed by atoms with E-state index < -0.39 is 0 Å². The summed E-state index contributed by atoms with van der Waals surface area (Å²) in [7, 11) is 0. The average Bonchev–Trinajstić information content (AvgIpc) is 3.06. The fourth-order valence-electron chi connectivity index (χ4n) is 3.40.